The number of hydrogen-bond acceptors (Lipinski definition) is 7. The molecule has 0 spiro atoms. The number of methoxy groups -OCH3 is 2. The highest BCUT2D eigenvalue weighted by atomic mass is 35.5. The molecule has 9 heteroatoms. The standard InChI is InChI=1S/C17H18ClN5O3/c1-25-8-7-23-10-20-13-14(21-17(18)22-15(13)23)19-9-11-3-5-12(6-4-11)16(24)26-2/h3-6,10H,7-9H2,1-2H3,(H,19,21,22). The van der Waals surface area contributed by atoms with Crippen LogP contribution >= 0.6 is 11.6 Å². The number of ether oxygens (including phenoxy) is 2. The van der Waals surface area contributed by atoms with Crippen molar-refractivity contribution in [1.29, 1.82) is 0 Å². The Kier molecular flexibility index (Phi) is 5.65. The van der Waals surface area contributed by atoms with E-state index in [-0.39, 0.29) is 11.3 Å². The largest absolute Gasteiger partial charge is 0.465 e. The topological polar surface area (TPSA) is 91.2 Å². The summed E-state index contributed by atoms with van der Waals surface area (Å²) in [4.78, 5) is 24.3. The van der Waals surface area contributed by atoms with Crippen molar-refractivity contribution in [2.45, 2.75) is 13.1 Å². The maximum absolute atomic E-state index is 11.5. The van der Waals surface area contributed by atoms with Crippen molar-refractivity contribution in [3.05, 3.63) is 47.0 Å². The molecule has 0 atom stereocenters. The Morgan fingerprint density at radius 2 is 2.00 bits per heavy atom. The summed E-state index contributed by atoms with van der Waals surface area (Å²) in [5.41, 5.74) is 2.75. The Hall–Kier alpha value is -2.71. The van der Waals surface area contributed by atoms with Gasteiger partial charge in [0.1, 0.15) is 0 Å². The highest BCUT2D eigenvalue weighted by molar-refractivity contribution is 6.28. The van der Waals surface area contributed by atoms with Crippen LogP contribution in [0, 0.1) is 0 Å². The first-order chi connectivity index (χ1) is 12.6. The van der Waals surface area contributed by atoms with Crippen molar-refractivity contribution in [1.82, 2.24) is 19.5 Å². The molecule has 1 N–H and O–H groups in total. The second-order valence-electron chi connectivity index (χ2n) is 5.49. The van der Waals surface area contributed by atoms with Gasteiger partial charge in [0.25, 0.3) is 0 Å². The van der Waals surface area contributed by atoms with E-state index >= 15 is 0 Å². The number of halogens is 1. The minimum Gasteiger partial charge on any atom is -0.465 e. The molecule has 26 heavy (non-hydrogen) atoms. The van der Waals surface area contributed by atoms with Crippen molar-refractivity contribution in [3.8, 4) is 0 Å². The number of nitrogens with one attached hydrogen (secondary N) is 1. The fourth-order valence-electron chi connectivity index (χ4n) is 2.46. The molecule has 8 nitrogen and oxygen atoms in total. The molecular formula is C17H18ClN5O3. The first kappa shape index (κ1) is 18.1. The van der Waals surface area contributed by atoms with Gasteiger partial charge in [-0.2, -0.15) is 9.97 Å². The first-order valence-corrected chi connectivity index (χ1v) is 8.28. The maximum atomic E-state index is 11.5. The van der Waals surface area contributed by atoms with Gasteiger partial charge < -0.3 is 19.4 Å². The van der Waals surface area contributed by atoms with E-state index in [1.807, 2.05) is 16.7 Å². The van der Waals surface area contributed by atoms with E-state index in [1.54, 1.807) is 25.6 Å². The number of aromatic nitrogens is 4. The van der Waals surface area contributed by atoms with E-state index < -0.39 is 0 Å². The number of esters is 1. The van der Waals surface area contributed by atoms with E-state index in [1.165, 1.54) is 7.11 Å². The zero-order valence-electron chi connectivity index (χ0n) is 14.4. The predicted molar refractivity (Wildman–Crippen MR) is 97.3 cm³/mol. The van der Waals surface area contributed by atoms with Crippen molar-refractivity contribution in [3.63, 3.8) is 0 Å². The lowest BCUT2D eigenvalue weighted by Crippen LogP contribution is -2.06. The highest BCUT2D eigenvalue weighted by Gasteiger charge is 2.12. The molecule has 0 saturated carbocycles. The Morgan fingerprint density at radius 3 is 2.69 bits per heavy atom. The molecule has 0 radical (unpaired) electrons. The van der Waals surface area contributed by atoms with Crippen LogP contribution in [0.5, 0.6) is 0 Å². The third-order valence-corrected chi connectivity index (χ3v) is 3.98. The molecule has 0 amide bonds. The van der Waals surface area contributed by atoms with E-state index in [2.05, 4.69) is 20.3 Å². The predicted octanol–water partition coefficient (Wildman–Crippen LogP) is 2.52. The quantitative estimate of drug-likeness (QED) is 0.501. The third-order valence-electron chi connectivity index (χ3n) is 3.81. The minimum absolute atomic E-state index is 0.139. The SMILES string of the molecule is COCCn1cnc2c(NCc3ccc(C(=O)OC)cc3)nc(Cl)nc21. The molecule has 0 bridgehead atoms. The average Bonchev–Trinajstić information content (AvgIpc) is 3.07. The number of anilines is 1. The van der Waals surface area contributed by atoms with Crippen molar-refractivity contribution in [2.24, 2.45) is 0 Å². The summed E-state index contributed by atoms with van der Waals surface area (Å²) < 4.78 is 11.6. The highest BCUT2D eigenvalue weighted by Crippen LogP contribution is 2.21. The van der Waals surface area contributed by atoms with E-state index in [4.69, 9.17) is 21.1 Å². The van der Waals surface area contributed by atoms with Crippen LogP contribution < -0.4 is 5.32 Å². The molecule has 0 aliphatic carbocycles. The molecule has 3 rings (SSSR count). The molecule has 0 fully saturated rings. The summed E-state index contributed by atoms with van der Waals surface area (Å²) in [5.74, 6) is 0.184. The smallest absolute Gasteiger partial charge is 0.337 e. The fraction of sp³-hybridized carbons (Fsp3) is 0.294. The number of imidazole rings is 1. The van der Waals surface area contributed by atoms with Gasteiger partial charge in [-0.3, -0.25) is 0 Å². The summed E-state index contributed by atoms with van der Waals surface area (Å²) in [7, 11) is 2.99. The van der Waals surface area contributed by atoms with Crippen LogP contribution in [0.15, 0.2) is 30.6 Å². The molecule has 0 unspecified atom stereocenters. The molecular weight excluding hydrogens is 358 g/mol. The maximum Gasteiger partial charge on any atom is 0.337 e. The summed E-state index contributed by atoms with van der Waals surface area (Å²) in [5, 5.41) is 3.36. The Morgan fingerprint density at radius 1 is 1.23 bits per heavy atom. The first-order valence-electron chi connectivity index (χ1n) is 7.91. The number of hydrogen-bond donors (Lipinski definition) is 1. The summed E-state index contributed by atoms with van der Waals surface area (Å²) in [6.07, 6.45) is 1.69. The van der Waals surface area contributed by atoms with Gasteiger partial charge in [0.15, 0.2) is 17.0 Å². The number of carbonyl (C=O) groups excluding carboxylic acids is 1. The van der Waals surface area contributed by atoms with Crippen LogP contribution in [0.1, 0.15) is 15.9 Å². The monoisotopic (exact) mass is 375 g/mol. The number of fused-ring (bicyclic) bond motifs is 1. The van der Waals surface area contributed by atoms with Crippen LogP contribution in [0.25, 0.3) is 11.2 Å². The number of benzene rings is 1. The van der Waals surface area contributed by atoms with Crippen LogP contribution in [0.3, 0.4) is 0 Å². The van der Waals surface area contributed by atoms with E-state index in [0.717, 1.165) is 5.56 Å². The molecule has 3 aromatic rings. The summed E-state index contributed by atoms with van der Waals surface area (Å²) >= 11 is 6.05. The molecule has 2 heterocycles. The van der Waals surface area contributed by atoms with E-state index in [0.29, 0.717) is 42.2 Å². The van der Waals surface area contributed by atoms with Gasteiger partial charge in [-0.05, 0) is 29.3 Å². The molecule has 0 saturated heterocycles. The van der Waals surface area contributed by atoms with Crippen molar-refractivity contribution in [2.75, 3.05) is 26.1 Å². The Bertz CT molecular complexity index is 911. The Labute approximate surface area is 155 Å². The molecule has 0 aliphatic rings. The number of carbonyl (C=O) groups is 1. The normalized spacial score (nSPS) is 10.9. The lowest BCUT2D eigenvalue weighted by Gasteiger charge is -2.08. The second kappa shape index (κ2) is 8.11. The molecule has 136 valence electrons. The number of rotatable bonds is 7. The van der Waals surface area contributed by atoms with Gasteiger partial charge in [-0.15, -0.1) is 0 Å². The van der Waals surface area contributed by atoms with Crippen molar-refractivity contribution < 1.29 is 14.3 Å². The van der Waals surface area contributed by atoms with Gasteiger partial charge in [-0.25, -0.2) is 9.78 Å². The van der Waals surface area contributed by atoms with Crippen LogP contribution in [-0.4, -0.2) is 46.3 Å². The summed E-state index contributed by atoms with van der Waals surface area (Å²) in [6, 6.07) is 7.11. The molecule has 1 aromatic carbocycles. The van der Waals surface area contributed by atoms with Crippen LogP contribution in [0.4, 0.5) is 5.82 Å². The second-order valence-corrected chi connectivity index (χ2v) is 5.82. The van der Waals surface area contributed by atoms with Gasteiger partial charge in [0, 0.05) is 20.2 Å². The van der Waals surface area contributed by atoms with Gasteiger partial charge in [-0.1, -0.05) is 12.1 Å². The summed E-state index contributed by atoms with van der Waals surface area (Å²) in [6.45, 7) is 1.66. The lowest BCUT2D eigenvalue weighted by atomic mass is 10.1. The zero-order chi connectivity index (χ0) is 18.5. The van der Waals surface area contributed by atoms with Gasteiger partial charge in [0.05, 0.1) is 25.6 Å². The van der Waals surface area contributed by atoms with Crippen LogP contribution in [-0.2, 0) is 22.6 Å². The van der Waals surface area contributed by atoms with Gasteiger partial charge >= 0.3 is 5.97 Å². The fourth-order valence-corrected chi connectivity index (χ4v) is 2.62. The van der Waals surface area contributed by atoms with Crippen LogP contribution in [0.2, 0.25) is 5.28 Å². The Balaban J connectivity index is 1.78. The van der Waals surface area contributed by atoms with Gasteiger partial charge in [0.2, 0.25) is 5.28 Å². The zero-order valence-corrected chi connectivity index (χ0v) is 15.2. The van der Waals surface area contributed by atoms with E-state index in [9.17, 15) is 4.79 Å². The minimum atomic E-state index is -0.365. The van der Waals surface area contributed by atoms with Crippen molar-refractivity contribution >= 4 is 34.6 Å². The number of nitrogens with zero attached hydrogens (tertiary/aromatic N) is 4. The molecule has 2 aromatic heterocycles. The molecule has 0 aliphatic heterocycles. The average molecular weight is 376 g/mol. The third kappa shape index (κ3) is 3.92. The lowest BCUT2D eigenvalue weighted by molar-refractivity contribution is 0.0600.